The van der Waals surface area contributed by atoms with Gasteiger partial charge in [0, 0.05) is 23.8 Å². The summed E-state index contributed by atoms with van der Waals surface area (Å²) in [6.07, 6.45) is 0. The fourth-order valence-electron chi connectivity index (χ4n) is 2.41. The van der Waals surface area contributed by atoms with E-state index in [4.69, 9.17) is 11.0 Å². The Morgan fingerprint density at radius 1 is 1.20 bits per heavy atom. The largest absolute Gasteiger partial charge is 0.351 e. The predicted molar refractivity (Wildman–Crippen MR) is 95.8 cm³/mol. The Morgan fingerprint density at radius 2 is 1.88 bits per heavy atom. The van der Waals surface area contributed by atoms with Crippen LogP contribution in [-0.2, 0) is 6.54 Å². The number of benzene rings is 2. The predicted octanol–water partition coefficient (Wildman–Crippen LogP) is 3.10. The molecular weight excluding hydrogens is 316 g/mol. The lowest BCUT2D eigenvalue weighted by Crippen LogP contribution is -2.36. The van der Waals surface area contributed by atoms with Crippen LogP contribution in [0.5, 0.6) is 0 Å². The topological polar surface area (TPSA) is 99.2 Å². The molecule has 0 saturated heterocycles. The van der Waals surface area contributed by atoms with Crippen LogP contribution in [0.3, 0.4) is 0 Å². The molecule has 0 unspecified atom stereocenters. The van der Waals surface area contributed by atoms with Crippen molar-refractivity contribution in [3.05, 3.63) is 65.2 Å². The summed E-state index contributed by atoms with van der Waals surface area (Å²) in [6.45, 7) is 4.30. The maximum absolute atomic E-state index is 12.9. The highest BCUT2D eigenvalue weighted by Crippen LogP contribution is 2.17. The molecule has 2 aromatic rings. The molecule has 3 amide bonds. The number of rotatable bonds is 5. The minimum atomic E-state index is -0.678. The van der Waals surface area contributed by atoms with Crippen LogP contribution >= 0.6 is 0 Å². The second-order valence-electron chi connectivity index (χ2n) is 5.91. The first kappa shape index (κ1) is 18.0. The van der Waals surface area contributed by atoms with Crippen LogP contribution in [0.15, 0.2) is 48.5 Å². The molecule has 0 aromatic heterocycles. The summed E-state index contributed by atoms with van der Waals surface area (Å²) < 4.78 is 0. The van der Waals surface area contributed by atoms with E-state index < -0.39 is 6.03 Å². The van der Waals surface area contributed by atoms with Crippen LogP contribution in [0.1, 0.15) is 35.3 Å². The van der Waals surface area contributed by atoms with Gasteiger partial charge in [0.2, 0.25) is 0 Å². The minimum absolute atomic E-state index is 0.0177. The van der Waals surface area contributed by atoms with Gasteiger partial charge in [0.1, 0.15) is 0 Å². The number of hydrogen-bond donors (Lipinski definition) is 2. The van der Waals surface area contributed by atoms with Crippen LogP contribution < -0.4 is 11.1 Å². The van der Waals surface area contributed by atoms with Crippen LogP contribution in [0, 0.1) is 11.3 Å². The average Bonchev–Trinajstić information content (AvgIpc) is 2.59. The first-order valence-electron chi connectivity index (χ1n) is 7.87. The fraction of sp³-hybridized carbons (Fsp3) is 0.211. The van der Waals surface area contributed by atoms with Crippen molar-refractivity contribution in [3.8, 4) is 6.07 Å². The number of carbonyl (C=O) groups excluding carboxylic acids is 2. The standard InChI is InChI=1S/C19H20N4O2/c1-13(2)23(12-15-8-6-14(11-20)7-9-15)18(24)16-4-3-5-17(10-16)22-19(21)25/h3-10,13H,12H2,1-2H3,(H3,21,22,25). The van der Waals surface area contributed by atoms with E-state index in [0.29, 0.717) is 23.4 Å². The summed E-state index contributed by atoms with van der Waals surface area (Å²) in [5.74, 6) is -0.146. The van der Waals surface area contributed by atoms with Gasteiger partial charge in [-0.25, -0.2) is 4.79 Å². The van der Waals surface area contributed by atoms with Gasteiger partial charge in [0.15, 0.2) is 0 Å². The Labute approximate surface area is 146 Å². The van der Waals surface area contributed by atoms with E-state index in [1.807, 2.05) is 26.0 Å². The number of nitrogens with one attached hydrogen (secondary N) is 1. The number of carbonyl (C=O) groups is 2. The van der Waals surface area contributed by atoms with Gasteiger partial charge in [-0.05, 0) is 49.7 Å². The third-order valence-electron chi connectivity index (χ3n) is 3.70. The van der Waals surface area contributed by atoms with E-state index in [1.54, 1.807) is 41.3 Å². The molecule has 0 aliphatic heterocycles. The third-order valence-corrected chi connectivity index (χ3v) is 3.70. The van der Waals surface area contributed by atoms with Gasteiger partial charge in [-0.1, -0.05) is 18.2 Å². The fourth-order valence-corrected chi connectivity index (χ4v) is 2.41. The smallest absolute Gasteiger partial charge is 0.316 e. The first-order valence-corrected chi connectivity index (χ1v) is 7.87. The molecule has 0 aliphatic rings. The molecule has 2 rings (SSSR count). The monoisotopic (exact) mass is 336 g/mol. The Bertz CT molecular complexity index is 807. The summed E-state index contributed by atoms with van der Waals surface area (Å²) in [6, 6.07) is 15.2. The van der Waals surface area contributed by atoms with E-state index in [9.17, 15) is 9.59 Å². The highest BCUT2D eigenvalue weighted by atomic mass is 16.2. The Kier molecular flexibility index (Phi) is 5.75. The normalized spacial score (nSPS) is 10.2. The van der Waals surface area contributed by atoms with Crippen molar-refractivity contribution in [1.82, 2.24) is 4.90 Å². The zero-order chi connectivity index (χ0) is 18.4. The van der Waals surface area contributed by atoms with Crippen molar-refractivity contribution in [2.45, 2.75) is 26.4 Å². The molecule has 3 N–H and O–H groups in total. The number of nitrogens with zero attached hydrogens (tertiary/aromatic N) is 2. The molecule has 0 atom stereocenters. The van der Waals surface area contributed by atoms with Gasteiger partial charge in [-0.15, -0.1) is 0 Å². The zero-order valence-electron chi connectivity index (χ0n) is 14.2. The quantitative estimate of drug-likeness (QED) is 0.877. The Hall–Kier alpha value is -3.33. The summed E-state index contributed by atoms with van der Waals surface area (Å²) >= 11 is 0. The van der Waals surface area contributed by atoms with Gasteiger partial charge >= 0.3 is 6.03 Å². The molecule has 0 aliphatic carbocycles. The SMILES string of the molecule is CC(C)N(Cc1ccc(C#N)cc1)C(=O)c1cccc(NC(N)=O)c1. The first-order chi connectivity index (χ1) is 11.9. The van der Waals surface area contributed by atoms with Gasteiger partial charge in [-0.3, -0.25) is 4.79 Å². The number of hydrogen-bond acceptors (Lipinski definition) is 3. The molecule has 0 spiro atoms. The van der Waals surface area contributed by atoms with Gasteiger partial charge in [0.05, 0.1) is 11.6 Å². The molecule has 2 aromatic carbocycles. The Balaban J connectivity index is 2.22. The summed E-state index contributed by atoms with van der Waals surface area (Å²) in [5, 5.41) is 11.3. The van der Waals surface area contributed by atoms with Crippen molar-refractivity contribution in [2.24, 2.45) is 5.73 Å². The van der Waals surface area contributed by atoms with Crippen molar-refractivity contribution in [2.75, 3.05) is 5.32 Å². The van der Waals surface area contributed by atoms with E-state index in [2.05, 4.69) is 11.4 Å². The highest BCUT2D eigenvalue weighted by molar-refractivity contribution is 5.96. The molecule has 25 heavy (non-hydrogen) atoms. The van der Waals surface area contributed by atoms with Gasteiger partial charge < -0.3 is 16.0 Å². The number of nitrogens with two attached hydrogens (primary N) is 1. The number of anilines is 1. The second kappa shape index (κ2) is 7.97. The lowest BCUT2D eigenvalue weighted by atomic mass is 10.1. The number of nitriles is 1. The maximum Gasteiger partial charge on any atom is 0.316 e. The molecule has 0 saturated carbocycles. The second-order valence-corrected chi connectivity index (χ2v) is 5.91. The van der Waals surface area contributed by atoms with Crippen molar-refractivity contribution in [3.63, 3.8) is 0 Å². The molecule has 0 heterocycles. The molecular formula is C19H20N4O2. The van der Waals surface area contributed by atoms with Crippen LogP contribution in [-0.4, -0.2) is 22.9 Å². The lowest BCUT2D eigenvalue weighted by Gasteiger charge is -2.27. The molecule has 0 fully saturated rings. The Morgan fingerprint density at radius 3 is 2.44 bits per heavy atom. The van der Waals surface area contributed by atoms with Crippen molar-refractivity contribution >= 4 is 17.6 Å². The van der Waals surface area contributed by atoms with Gasteiger partial charge in [-0.2, -0.15) is 5.26 Å². The maximum atomic E-state index is 12.9. The van der Waals surface area contributed by atoms with Crippen LogP contribution in [0.25, 0.3) is 0 Å². The molecule has 0 radical (unpaired) electrons. The summed E-state index contributed by atoms with van der Waals surface area (Å²) in [5.41, 5.74) is 7.57. The zero-order valence-corrected chi connectivity index (χ0v) is 14.2. The van der Waals surface area contributed by atoms with Gasteiger partial charge in [0.25, 0.3) is 5.91 Å². The van der Waals surface area contributed by atoms with E-state index in [1.165, 1.54) is 0 Å². The minimum Gasteiger partial charge on any atom is -0.351 e. The molecule has 6 nitrogen and oxygen atoms in total. The molecule has 128 valence electrons. The molecule has 6 heteroatoms. The number of urea groups is 1. The van der Waals surface area contributed by atoms with Crippen LogP contribution in [0.4, 0.5) is 10.5 Å². The third kappa shape index (κ3) is 4.82. The number of primary amides is 1. The van der Waals surface area contributed by atoms with Crippen molar-refractivity contribution in [1.29, 1.82) is 5.26 Å². The summed E-state index contributed by atoms with van der Waals surface area (Å²) in [4.78, 5) is 25.6. The van der Waals surface area contributed by atoms with Crippen LogP contribution in [0.2, 0.25) is 0 Å². The lowest BCUT2D eigenvalue weighted by molar-refractivity contribution is 0.0690. The summed E-state index contributed by atoms with van der Waals surface area (Å²) in [7, 11) is 0. The van der Waals surface area contributed by atoms with E-state index >= 15 is 0 Å². The molecule has 0 bridgehead atoms. The highest BCUT2D eigenvalue weighted by Gasteiger charge is 2.19. The van der Waals surface area contributed by atoms with E-state index in [-0.39, 0.29) is 11.9 Å². The average molecular weight is 336 g/mol. The van der Waals surface area contributed by atoms with Crippen molar-refractivity contribution < 1.29 is 9.59 Å². The van der Waals surface area contributed by atoms with E-state index in [0.717, 1.165) is 5.56 Å². The number of amides is 3.